The number of thioether (sulfide) groups is 1. The lowest BCUT2D eigenvalue weighted by Gasteiger charge is -2.19. The van der Waals surface area contributed by atoms with Crippen LogP contribution in [0.25, 0.3) is 10.9 Å². The molecule has 1 aromatic heterocycles. The largest absolute Gasteiger partial charge is 0.497 e. The summed E-state index contributed by atoms with van der Waals surface area (Å²) in [5.74, 6) is 1.56. The number of aromatic nitrogens is 1. The quantitative estimate of drug-likeness (QED) is 0.575. The number of nitrogens with one attached hydrogen (secondary N) is 2. The van der Waals surface area contributed by atoms with Gasteiger partial charge in [0.1, 0.15) is 5.75 Å². The molecule has 0 spiro atoms. The predicted octanol–water partition coefficient (Wildman–Crippen LogP) is 3.98. The van der Waals surface area contributed by atoms with Crippen LogP contribution in [0.15, 0.2) is 54.7 Å². The zero-order valence-electron chi connectivity index (χ0n) is 16.9. The minimum absolute atomic E-state index is 0.0000182. The van der Waals surface area contributed by atoms with Gasteiger partial charge in [0.15, 0.2) is 0 Å². The predicted molar refractivity (Wildman–Crippen MR) is 120 cm³/mol. The topological polar surface area (TPSA) is 74.4 Å². The number of nitrogens with zero attached hydrogens (tertiary/aromatic N) is 1. The van der Waals surface area contributed by atoms with Crippen LogP contribution in [-0.2, 0) is 4.79 Å². The summed E-state index contributed by atoms with van der Waals surface area (Å²) in [4.78, 5) is 29.3. The smallest absolute Gasteiger partial charge is 0.281 e. The van der Waals surface area contributed by atoms with Gasteiger partial charge in [-0.1, -0.05) is 42.1 Å². The maximum absolute atomic E-state index is 12.5. The summed E-state index contributed by atoms with van der Waals surface area (Å²) < 4.78 is 5.29. The lowest BCUT2D eigenvalue weighted by atomic mass is 9.90. The van der Waals surface area contributed by atoms with E-state index in [-0.39, 0.29) is 17.1 Å². The number of rotatable bonds is 8. The molecule has 1 atom stereocenters. The molecule has 2 aromatic carbocycles. The minimum atomic E-state index is -0.0435. The Labute approximate surface area is 180 Å². The first-order chi connectivity index (χ1) is 14.7. The number of hydrogen-bond donors (Lipinski definition) is 2. The number of carbonyl (C=O) groups is 2. The zero-order chi connectivity index (χ0) is 20.9. The maximum atomic E-state index is 12.5. The van der Waals surface area contributed by atoms with E-state index in [0.29, 0.717) is 19.5 Å². The van der Waals surface area contributed by atoms with Crippen molar-refractivity contribution >= 4 is 33.8 Å². The lowest BCUT2D eigenvalue weighted by molar-refractivity contribution is -0.121. The van der Waals surface area contributed by atoms with Crippen LogP contribution in [0.2, 0.25) is 0 Å². The van der Waals surface area contributed by atoms with Crippen LogP contribution in [-0.4, -0.2) is 53.5 Å². The van der Waals surface area contributed by atoms with Crippen molar-refractivity contribution in [2.45, 2.75) is 12.3 Å². The Morgan fingerprint density at radius 3 is 2.77 bits per heavy atom. The van der Waals surface area contributed by atoms with Crippen molar-refractivity contribution in [3.63, 3.8) is 0 Å². The number of para-hydroxylation sites is 1. The summed E-state index contributed by atoms with van der Waals surface area (Å²) in [6, 6.07) is 16.1. The highest BCUT2D eigenvalue weighted by Gasteiger charge is 2.22. The summed E-state index contributed by atoms with van der Waals surface area (Å²) in [5.41, 5.74) is 3.32. The third kappa shape index (κ3) is 4.46. The average Bonchev–Trinajstić information content (AvgIpc) is 3.39. The van der Waals surface area contributed by atoms with Gasteiger partial charge in [0.05, 0.1) is 7.11 Å². The van der Waals surface area contributed by atoms with Crippen molar-refractivity contribution in [3.05, 3.63) is 65.9 Å². The summed E-state index contributed by atoms with van der Waals surface area (Å²) in [7, 11) is 1.65. The highest BCUT2D eigenvalue weighted by atomic mass is 32.2. The highest BCUT2D eigenvalue weighted by Crippen LogP contribution is 2.31. The first-order valence-electron chi connectivity index (χ1n) is 10.0. The van der Waals surface area contributed by atoms with Crippen molar-refractivity contribution in [2.75, 3.05) is 32.5 Å². The van der Waals surface area contributed by atoms with Crippen LogP contribution in [0.1, 0.15) is 23.5 Å². The molecule has 3 aromatic rings. The fraction of sp³-hybridized carbons (Fsp3) is 0.304. The molecule has 0 aliphatic carbocycles. The van der Waals surface area contributed by atoms with Gasteiger partial charge in [-0.2, -0.15) is 0 Å². The molecule has 7 heteroatoms. The van der Waals surface area contributed by atoms with Gasteiger partial charge in [-0.15, -0.1) is 0 Å². The van der Waals surface area contributed by atoms with Crippen molar-refractivity contribution in [1.82, 2.24) is 15.2 Å². The second-order valence-electron chi connectivity index (χ2n) is 7.27. The number of aromatic amines is 1. The highest BCUT2D eigenvalue weighted by molar-refractivity contribution is 8.13. The Morgan fingerprint density at radius 1 is 1.23 bits per heavy atom. The molecular weight excluding hydrogens is 398 g/mol. The first-order valence-corrected chi connectivity index (χ1v) is 11.0. The van der Waals surface area contributed by atoms with Crippen LogP contribution in [0.3, 0.4) is 0 Å². The summed E-state index contributed by atoms with van der Waals surface area (Å²) in [5, 5.41) is 4.29. The normalized spacial score (nSPS) is 14.8. The molecule has 30 heavy (non-hydrogen) atoms. The molecular formula is C23H25N3O3S. The second kappa shape index (κ2) is 9.26. The number of carbonyl (C=O) groups excluding carboxylic acids is 2. The molecule has 4 rings (SSSR count). The zero-order valence-corrected chi connectivity index (χ0v) is 17.7. The minimum Gasteiger partial charge on any atom is -0.497 e. The number of hydrogen-bond acceptors (Lipinski definition) is 4. The van der Waals surface area contributed by atoms with Crippen LogP contribution in [0.4, 0.5) is 4.79 Å². The van der Waals surface area contributed by atoms with Crippen LogP contribution in [0.5, 0.6) is 5.75 Å². The summed E-state index contributed by atoms with van der Waals surface area (Å²) in [6.07, 6.45) is 2.33. The van der Waals surface area contributed by atoms with E-state index in [9.17, 15) is 9.59 Å². The number of amides is 2. The second-order valence-corrected chi connectivity index (χ2v) is 8.32. The van der Waals surface area contributed by atoms with Gasteiger partial charge < -0.3 is 19.9 Å². The third-order valence-corrected chi connectivity index (χ3v) is 6.36. The van der Waals surface area contributed by atoms with E-state index in [1.54, 1.807) is 12.0 Å². The van der Waals surface area contributed by atoms with Gasteiger partial charge in [0.2, 0.25) is 5.91 Å². The summed E-state index contributed by atoms with van der Waals surface area (Å²) in [6.45, 7) is 1.67. The van der Waals surface area contributed by atoms with Gasteiger partial charge in [-0.3, -0.25) is 9.59 Å². The summed E-state index contributed by atoms with van der Waals surface area (Å²) >= 11 is 1.32. The van der Waals surface area contributed by atoms with Crippen LogP contribution >= 0.6 is 11.8 Å². The molecule has 2 N–H and O–H groups in total. The van der Waals surface area contributed by atoms with Crippen molar-refractivity contribution in [1.29, 1.82) is 0 Å². The average molecular weight is 424 g/mol. The standard InChI is InChI=1S/C23H25N3O3S/c1-29-17-8-6-16(7-9-17)19(20-15-24-21-5-3-2-4-18(20)21)14-25-22(27)10-11-26-12-13-30-23(26)28/h2-9,15,19,24H,10-14H2,1H3,(H,25,27)/t19-/m1/s1. The molecule has 2 heterocycles. The van der Waals surface area contributed by atoms with Crippen LogP contribution < -0.4 is 10.1 Å². The number of methoxy groups -OCH3 is 1. The van der Waals surface area contributed by atoms with Gasteiger partial charge in [-0.25, -0.2) is 0 Å². The van der Waals surface area contributed by atoms with E-state index in [0.717, 1.165) is 40.1 Å². The van der Waals surface area contributed by atoms with Gasteiger partial charge in [0.25, 0.3) is 5.24 Å². The van der Waals surface area contributed by atoms with Crippen molar-refractivity contribution in [3.8, 4) is 5.75 Å². The molecule has 0 saturated carbocycles. The van der Waals surface area contributed by atoms with E-state index < -0.39 is 0 Å². The fourth-order valence-electron chi connectivity index (χ4n) is 3.80. The Morgan fingerprint density at radius 2 is 2.03 bits per heavy atom. The van der Waals surface area contributed by atoms with Gasteiger partial charge >= 0.3 is 0 Å². The fourth-order valence-corrected chi connectivity index (χ4v) is 4.65. The Bertz CT molecular complexity index is 1030. The Balaban J connectivity index is 1.50. The van der Waals surface area contributed by atoms with Crippen LogP contribution in [0, 0.1) is 0 Å². The molecule has 0 bridgehead atoms. The Kier molecular flexibility index (Phi) is 6.28. The number of H-pyrrole nitrogens is 1. The number of ether oxygens (including phenoxy) is 1. The van der Waals surface area contributed by atoms with Crippen molar-refractivity contribution < 1.29 is 14.3 Å². The SMILES string of the molecule is COc1ccc([C@@H](CNC(=O)CCN2CCSC2=O)c2c[nH]c3ccccc23)cc1. The lowest BCUT2D eigenvalue weighted by Crippen LogP contribution is -2.33. The van der Waals surface area contributed by atoms with Gasteiger partial charge in [-0.05, 0) is 29.3 Å². The number of benzene rings is 2. The van der Waals surface area contributed by atoms with E-state index in [4.69, 9.17) is 4.74 Å². The monoisotopic (exact) mass is 423 g/mol. The Hall–Kier alpha value is -2.93. The molecule has 2 amide bonds. The molecule has 1 aliphatic rings. The molecule has 1 aliphatic heterocycles. The molecule has 1 fully saturated rings. The van der Waals surface area contributed by atoms with E-state index in [1.165, 1.54) is 11.8 Å². The third-order valence-electron chi connectivity index (χ3n) is 5.47. The first kappa shape index (κ1) is 20.3. The molecule has 6 nitrogen and oxygen atoms in total. The molecule has 1 saturated heterocycles. The number of fused-ring (bicyclic) bond motifs is 1. The van der Waals surface area contributed by atoms with Crippen molar-refractivity contribution in [2.24, 2.45) is 0 Å². The van der Waals surface area contributed by atoms with E-state index >= 15 is 0 Å². The van der Waals surface area contributed by atoms with E-state index in [2.05, 4.69) is 16.4 Å². The molecule has 0 unspecified atom stereocenters. The molecule has 156 valence electrons. The molecule has 0 radical (unpaired) electrons. The maximum Gasteiger partial charge on any atom is 0.281 e. The van der Waals surface area contributed by atoms with E-state index in [1.807, 2.05) is 48.7 Å². The van der Waals surface area contributed by atoms with Gasteiger partial charge in [0, 0.05) is 54.8 Å².